The van der Waals surface area contributed by atoms with Gasteiger partial charge in [0.2, 0.25) is 0 Å². The molecule has 0 radical (unpaired) electrons. The van der Waals surface area contributed by atoms with E-state index in [0.717, 1.165) is 22.3 Å². The Bertz CT molecular complexity index is 1100. The van der Waals surface area contributed by atoms with Gasteiger partial charge in [-0.1, -0.05) is 77.8 Å². The minimum Gasteiger partial charge on any atom is -0.372 e. The molecule has 0 aliphatic rings. The number of hydrogen-bond donors (Lipinski definition) is 0. The Labute approximate surface area is 180 Å². The minimum atomic E-state index is 0.429. The largest absolute Gasteiger partial charge is 0.372 e. The average molecular weight is 420 g/mol. The summed E-state index contributed by atoms with van der Waals surface area (Å²) in [6.45, 7) is 0.917. The van der Waals surface area contributed by atoms with Crippen molar-refractivity contribution in [3.63, 3.8) is 0 Å². The predicted molar refractivity (Wildman–Crippen MR) is 120 cm³/mol. The third-order valence-corrected chi connectivity index (χ3v) is 5.27. The number of aromatic nitrogens is 1. The Morgan fingerprint density at radius 2 is 1.55 bits per heavy atom. The van der Waals surface area contributed by atoms with Crippen molar-refractivity contribution >= 4 is 23.2 Å². The Balaban J connectivity index is 1.58. The molecule has 0 bridgehead atoms. The summed E-state index contributed by atoms with van der Waals surface area (Å²) in [5.74, 6) is 0. The maximum atomic E-state index is 6.23. The SMILES string of the molecule is Clc1ccc(COCc2ccc(-c3ccccc3)c(-c3cccnc3)c2)c(Cl)c1. The maximum Gasteiger partial charge on any atom is 0.0735 e. The number of nitrogens with zero attached hydrogens (tertiary/aromatic N) is 1. The predicted octanol–water partition coefficient (Wildman–Crippen LogP) is 7.44. The summed E-state index contributed by atoms with van der Waals surface area (Å²) in [5.41, 5.74) is 6.57. The highest BCUT2D eigenvalue weighted by Gasteiger charge is 2.09. The van der Waals surface area contributed by atoms with E-state index in [1.54, 1.807) is 12.3 Å². The molecule has 4 heteroatoms. The van der Waals surface area contributed by atoms with Crippen LogP contribution in [0.5, 0.6) is 0 Å². The second-order valence-electron chi connectivity index (χ2n) is 6.72. The van der Waals surface area contributed by atoms with Gasteiger partial charge in [-0.15, -0.1) is 0 Å². The zero-order chi connectivity index (χ0) is 20.1. The molecule has 0 amide bonds. The van der Waals surface area contributed by atoms with Crippen molar-refractivity contribution in [2.75, 3.05) is 0 Å². The van der Waals surface area contributed by atoms with Gasteiger partial charge in [0.1, 0.15) is 0 Å². The lowest BCUT2D eigenvalue weighted by Crippen LogP contribution is -1.96. The van der Waals surface area contributed by atoms with Crippen LogP contribution in [-0.4, -0.2) is 4.98 Å². The van der Waals surface area contributed by atoms with Gasteiger partial charge in [-0.3, -0.25) is 4.98 Å². The van der Waals surface area contributed by atoms with Gasteiger partial charge in [0, 0.05) is 28.0 Å². The van der Waals surface area contributed by atoms with Gasteiger partial charge in [0.05, 0.1) is 13.2 Å². The standard InChI is InChI=1S/C25H19Cl2NO/c26-22-10-9-21(25(27)14-22)17-29-16-18-8-11-23(19-5-2-1-3-6-19)24(13-18)20-7-4-12-28-15-20/h1-15H,16-17H2. The molecule has 0 aliphatic heterocycles. The lowest BCUT2D eigenvalue weighted by atomic mass is 9.94. The van der Waals surface area contributed by atoms with E-state index in [4.69, 9.17) is 27.9 Å². The average Bonchev–Trinajstić information content (AvgIpc) is 2.76. The number of benzene rings is 3. The van der Waals surface area contributed by atoms with Gasteiger partial charge in [-0.2, -0.15) is 0 Å². The number of rotatable bonds is 6. The van der Waals surface area contributed by atoms with Crippen LogP contribution in [0.3, 0.4) is 0 Å². The molecule has 4 rings (SSSR count). The van der Waals surface area contributed by atoms with Crippen molar-refractivity contribution in [1.29, 1.82) is 0 Å². The molecular weight excluding hydrogens is 401 g/mol. The summed E-state index contributed by atoms with van der Waals surface area (Å²) in [4.78, 5) is 4.29. The van der Waals surface area contributed by atoms with Crippen LogP contribution in [0.2, 0.25) is 10.0 Å². The van der Waals surface area contributed by atoms with Crippen LogP contribution in [0.4, 0.5) is 0 Å². The van der Waals surface area contributed by atoms with Crippen molar-refractivity contribution in [2.45, 2.75) is 13.2 Å². The van der Waals surface area contributed by atoms with Crippen LogP contribution < -0.4 is 0 Å². The highest BCUT2D eigenvalue weighted by atomic mass is 35.5. The number of halogens is 2. The molecule has 0 saturated carbocycles. The van der Waals surface area contributed by atoms with Crippen LogP contribution in [0.25, 0.3) is 22.3 Å². The molecule has 0 atom stereocenters. The number of pyridine rings is 1. The lowest BCUT2D eigenvalue weighted by Gasteiger charge is -2.13. The lowest BCUT2D eigenvalue weighted by molar-refractivity contribution is 0.107. The molecule has 1 heterocycles. The molecule has 0 aliphatic carbocycles. The third kappa shape index (κ3) is 4.86. The maximum absolute atomic E-state index is 6.23. The first-order valence-corrected chi connectivity index (χ1v) is 10.1. The molecular formula is C25H19Cl2NO. The van der Waals surface area contributed by atoms with Crippen molar-refractivity contribution in [3.8, 4) is 22.3 Å². The van der Waals surface area contributed by atoms with Gasteiger partial charge >= 0.3 is 0 Å². The van der Waals surface area contributed by atoms with Crippen molar-refractivity contribution in [1.82, 2.24) is 4.98 Å². The molecule has 0 unspecified atom stereocenters. The van der Waals surface area contributed by atoms with E-state index >= 15 is 0 Å². The van der Waals surface area contributed by atoms with E-state index in [-0.39, 0.29) is 0 Å². The van der Waals surface area contributed by atoms with Gasteiger partial charge in [-0.25, -0.2) is 0 Å². The molecule has 0 spiro atoms. The molecule has 3 aromatic carbocycles. The Hall–Kier alpha value is -2.65. The fraction of sp³-hybridized carbons (Fsp3) is 0.0800. The quantitative estimate of drug-likeness (QED) is 0.323. The van der Waals surface area contributed by atoms with Crippen LogP contribution >= 0.6 is 23.2 Å². The highest BCUT2D eigenvalue weighted by molar-refractivity contribution is 6.35. The number of ether oxygens (including phenoxy) is 1. The smallest absolute Gasteiger partial charge is 0.0735 e. The van der Waals surface area contributed by atoms with Gasteiger partial charge in [-0.05, 0) is 52.1 Å². The topological polar surface area (TPSA) is 22.1 Å². The monoisotopic (exact) mass is 419 g/mol. The second-order valence-corrected chi connectivity index (χ2v) is 7.56. The first-order valence-electron chi connectivity index (χ1n) is 9.31. The zero-order valence-corrected chi connectivity index (χ0v) is 17.2. The summed E-state index contributed by atoms with van der Waals surface area (Å²) in [6.07, 6.45) is 3.68. The summed E-state index contributed by atoms with van der Waals surface area (Å²) in [5, 5.41) is 1.24. The molecule has 1 aromatic heterocycles. The summed E-state index contributed by atoms with van der Waals surface area (Å²) in [6, 6.07) is 26.3. The fourth-order valence-electron chi connectivity index (χ4n) is 3.23. The molecule has 29 heavy (non-hydrogen) atoms. The van der Waals surface area contributed by atoms with Crippen molar-refractivity contribution < 1.29 is 4.74 Å². The third-order valence-electron chi connectivity index (χ3n) is 4.68. The molecule has 4 aromatic rings. The van der Waals surface area contributed by atoms with Crippen molar-refractivity contribution in [3.05, 3.63) is 112 Å². The Kier molecular flexibility index (Phi) is 6.26. The van der Waals surface area contributed by atoms with E-state index in [0.29, 0.717) is 23.3 Å². The van der Waals surface area contributed by atoms with Crippen LogP contribution in [0.15, 0.2) is 91.3 Å². The van der Waals surface area contributed by atoms with E-state index in [1.807, 2.05) is 30.5 Å². The normalized spacial score (nSPS) is 10.8. The molecule has 0 N–H and O–H groups in total. The first-order chi connectivity index (χ1) is 14.2. The fourth-order valence-corrected chi connectivity index (χ4v) is 3.69. The molecule has 2 nitrogen and oxygen atoms in total. The zero-order valence-electron chi connectivity index (χ0n) is 15.7. The minimum absolute atomic E-state index is 0.429. The molecule has 0 saturated heterocycles. The van der Waals surface area contributed by atoms with Crippen LogP contribution in [-0.2, 0) is 18.0 Å². The van der Waals surface area contributed by atoms with Crippen LogP contribution in [0.1, 0.15) is 11.1 Å². The van der Waals surface area contributed by atoms with E-state index in [2.05, 4.69) is 53.5 Å². The van der Waals surface area contributed by atoms with Gasteiger partial charge in [0.15, 0.2) is 0 Å². The van der Waals surface area contributed by atoms with Gasteiger partial charge in [0.25, 0.3) is 0 Å². The first kappa shape index (κ1) is 19.7. The molecule has 144 valence electrons. The summed E-state index contributed by atoms with van der Waals surface area (Å²) in [7, 11) is 0. The van der Waals surface area contributed by atoms with Gasteiger partial charge < -0.3 is 4.74 Å². The van der Waals surface area contributed by atoms with E-state index in [1.165, 1.54) is 11.1 Å². The van der Waals surface area contributed by atoms with E-state index < -0.39 is 0 Å². The Morgan fingerprint density at radius 3 is 2.31 bits per heavy atom. The number of hydrogen-bond acceptors (Lipinski definition) is 2. The summed E-state index contributed by atoms with van der Waals surface area (Å²) < 4.78 is 5.92. The van der Waals surface area contributed by atoms with Crippen molar-refractivity contribution in [2.24, 2.45) is 0 Å². The Morgan fingerprint density at radius 1 is 0.724 bits per heavy atom. The second kappa shape index (κ2) is 9.23. The van der Waals surface area contributed by atoms with E-state index in [9.17, 15) is 0 Å². The highest BCUT2D eigenvalue weighted by Crippen LogP contribution is 2.33. The molecule has 0 fully saturated rings. The summed E-state index contributed by atoms with van der Waals surface area (Å²) >= 11 is 12.2. The van der Waals surface area contributed by atoms with Crippen LogP contribution in [0, 0.1) is 0 Å².